The second-order valence-corrected chi connectivity index (χ2v) is 3.16. The molecule has 1 N–H and O–H groups in total. The smallest absolute Gasteiger partial charge is 0.305 e. The average Bonchev–Trinajstić information content (AvgIpc) is 2.02. The van der Waals surface area contributed by atoms with Gasteiger partial charge in [-0.05, 0) is 26.7 Å². The molecule has 0 saturated carbocycles. The van der Waals surface area contributed by atoms with Crippen LogP contribution in [0.15, 0.2) is 0 Å². The highest BCUT2D eigenvalue weighted by Gasteiger charge is 2.18. The molecule has 1 atom stereocenters. The van der Waals surface area contributed by atoms with E-state index in [1.54, 1.807) is 13.8 Å². The van der Waals surface area contributed by atoms with Crippen molar-refractivity contribution in [3.05, 3.63) is 0 Å². The van der Waals surface area contributed by atoms with Gasteiger partial charge in [0.05, 0.1) is 12.2 Å². The summed E-state index contributed by atoms with van der Waals surface area (Å²) >= 11 is 0. The molecular formula is C9H18O3. The Balaban J connectivity index is 3.60. The molecule has 0 aromatic carbocycles. The molecule has 0 amide bonds. The molecule has 72 valence electrons. The third kappa shape index (κ3) is 5.13. The molecule has 0 heterocycles. The Bertz CT molecular complexity index is 141. The summed E-state index contributed by atoms with van der Waals surface area (Å²) in [5, 5.41) is 9.53. The van der Waals surface area contributed by atoms with E-state index in [1.165, 1.54) is 0 Å². The van der Waals surface area contributed by atoms with Crippen molar-refractivity contribution in [1.29, 1.82) is 0 Å². The number of carbonyl (C=O) groups excluding carboxylic acids is 1. The third-order valence-corrected chi connectivity index (χ3v) is 1.93. The summed E-state index contributed by atoms with van der Waals surface area (Å²) in [6.45, 7) is 5.81. The van der Waals surface area contributed by atoms with Crippen LogP contribution in [-0.4, -0.2) is 23.3 Å². The highest BCUT2D eigenvalue weighted by molar-refractivity contribution is 5.69. The summed E-state index contributed by atoms with van der Waals surface area (Å²) in [6.07, 6.45) is 1.43. The highest BCUT2D eigenvalue weighted by Crippen LogP contribution is 2.15. The van der Waals surface area contributed by atoms with Crippen molar-refractivity contribution < 1.29 is 14.6 Å². The molecule has 0 saturated heterocycles. The van der Waals surface area contributed by atoms with Gasteiger partial charge in [0.2, 0.25) is 0 Å². The summed E-state index contributed by atoms with van der Waals surface area (Å²) in [5.74, 6) is -0.230. The summed E-state index contributed by atoms with van der Waals surface area (Å²) in [4.78, 5) is 10.9. The lowest BCUT2D eigenvalue weighted by atomic mass is 9.97. The predicted molar refractivity (Wildman–Crippen MR) is 46.8 cm³/mol. The normalized spacial score (nSPS) is 15.3. The lowest BCUT2D eigenvalue weighted by Crippen LogP contribution is -2.24. The van der Waals surface area contributed by atoms with Gasteiger partial charge in [-0.15, -0.1) is 0 Å². The van der Waals surface area contributed by atoms with Crippen LogP contribution in [0.5, 0.6) is 0 Å². The van der Waals surface area contributed by atoms with Gasteiger partial charge in [-0.25, -0.2) is 0 Å². The van der Waals surface area contributed by atoms with Gasteiger partial charge in [-0.2, -0.15) is 0 Å². The van der Waals surface area contributed by atoms with Gasteiger partial charge in [0.1, 0.15) is 0 Å². The molecule has 0 aliphatic heterocycles. The SMILES string of the molecule is CCOC(=O)CCC(C)(O)CC. The highest BCUT2D eigenvalue weighted by atomic mass is 16.5. The van der Waals surface area contributed by atoms with Gasteiger partial charge in [0, 0.05) is 6.42 Å². The van der Waals surface area contributed by atoms with Gasteiger partial charge in [-0.1, -0.05) is 6.92 Å². The van der Waals surface area contributed by atoms with Gasteiger partial charge < -0.3 is 9.84 Å². The molecule has 3 heteroatoms. The van der Waals surface area contributed by atoms with Crippen LogP contribution in [-0.2, 0) is 9.53 Å². The number of hydrogen-bond donors (Lipinski definition) is 1. The van der Waals surface area contributed by atoms with Crippen molar-refractivity contribution in [3.63, 3.8) is 0 Å². The van der Waals surface area contributed by atoms with E-state index in [1.807, 2.05) is 6.92 Å². The van der Waals surface area contributed by atoms with E-state index in [9.17, 15) is 9.90 Å². The van der Waals surface area contributed by atoms with Crippen molar-refractivity contribution in [2.24, 2.45) is 0 Å². The van der Waals surface area contributed by atoms with E-state index in [0.717, 1.165) is 0 Å². The molecule has 0 spiro atoms. The van der Waals surface area contributed by atoms with E-state index < -0.39 is 5.60 Å². The number of carbonyl (C=O) groups is 1. The average molecular weight is 174 g/mol. The first kappa shape index (κ1) is 11.4. The van der Waals surface area contributed by atoms with Crippen molar-refractivity contribution in [3.8, 4) is 0 Å². The van der Waals surface area contributed by atoms with Crippen molar-refractivity contribution in [2.45, 2.75) is 45.6 Å². The Morgan fingerprint density at radius 2 is 2.08 bits per heavy atom. The summed E-state index contributed by atoms with van der Waals surface area (Å²) in [5.41, 5.74) is -0.729. The van der Waals surface area contributed by atoms with E-state index in [-0.39, 0.29) is 5.97 Å². The molecule has 0 rings (SSSR count). The predicted octanol–water partition coefficient (Wildman–Crippen LogP) is 1.49. The topological polar surface area (TPSA) is 46.5 Å². The first-order valence-electron chi connectivity index (χ1n) is 4.40. The molecule has 3 nitrogen and oxygen atoms in total. The fourth-order valence-electron chi connectivity index (χ4n) is 0.781. The van der Waals surface area contributed by atoms with Crippen molar-refractivity contribution >= 4 is 5.97 Å². The van der Waals surface area contributed by atoms with Crippen LogP contribution in [0.4, 0.5) is 0 Å². The molecular weight excluding hydrogens is 156 g/mol. The summed E-state index contributed by atoms with van der Waals surface area (Å²) in [6, 6.07) is 0. The maximum absolute atomic E-state index is 10.9. The largest absolute Gasteiger partial charge is 0.466 e. The minimum Gasteiger partial charge on any atom is -0.466 e. The van der Waals surface area contributed by atoms with E-state index in [0.29, 0.717) is 25.9 Å². The molecule has 0 aliphatic rings. The standard InChI is InChI=1S/C9H18O3/c1-4-9(3,11)7-6-8(10)12-5-2/h11H,4-7H2,1-3H3. The van der Waals surface area contributed by atoms with Crippen molar-refractivity contribution in [1.82, 2.24) is 0 Å². The van der Waals surface area contributed by atoms with Crippen LogP contribution in [0.25, 0.3) is 0 Å². The molecule has 12 heavy (non-hydrogen) atoms. The molecule has 0 radical (unpaired) electrons. The van der Waals surface area contributed by atoms with Crippen LogP contribution in [0.3, 0.4) is 0 Å². The molecule has 0 aliphatic carbocycles. The van der Waals surface area contributed by atoms with Gasteiger partial charge in [-0.3, -0.25) is 4.79 Å². The minimum absolute atomic E-state index is 0.230. The lowest BCUT2D eigenvalue weighted by Gasteiger charge is -2.20. The number of hydrogen-bond acceptors (Lipinski definition) is 3. The molecule has 0 aromatic heterocycles. The fraction of sp³-hybridized carbons (Fsp3) is 0.889. The maximum atomic E-state index is 10.9. The zero-order valence-corrected chi connectivity index (χ0v) is 8.09. The fourth-order valence-corrected chi connectivity index (χ4v) is 0.781. The number of esters is 1. The van der Waals surface area contributed by atoms with E-state index in [4.69, 9.17) is 4.74 Å². The van der Waals surface area contributed by atoms with Crippen molar-refractivity contribution in [2.75, 3.05) is 6.61 Å². The first-order chi connectivity index (χ1) is 5.52. The first-order valence-corrected chi connectivity index (χ1v) is 4.40. The van der Waals surface area contributed by atoms with Crippen LogP contribution in [0.1, 0.15) is 40.0 Å². The second kappa shape index (κ2) is 5.14. The zero-order chi connectivity index (χ0) is 9.61. The van der Waals surface area contributed by atoms with Gasteiger partial charge >= 0.3 is 5.97 Å². The number of aliphatic hydroxyl groups is 1. The molecule has 0 bridgehead atoms. The molecule has 1 unspecified atom stereocenters. The van der Waals surface area contributed by atoms with E-state index >= 15 is 0 Å². The zero-order valence-electron chi connectivity index (χ0n) is 8.09. The van der Waals surface area contributed by atoms with Gasteiger partial charge in [0.15, 0.2) is 0 Å². The van der Waals surface area contributed by atoms with Crippen LogP contribution < -0.4 is 0 Å². The number of rotatable bonds is 5. The summed E-state index contributed by atoms with van der Waals surface area (Å²) in [7, 11) is 0. The number of ether oxygens (including phenoxy) is 1. The molecule has 0 fully saturated rings. The Kier molecular flexibility index (Phi) is 4.90. The van der Waals surface area contributed by atoms with Crippen LogP contribution in [0.2, 0.25) is 0 Å². The second-order valence-electron chi connectivity index (χ2n) is 3.16. The van der Waals surface area contributed by atoms with E-state index in [2.05, 4.69) is 0 Å². The maximum Gasteiger partial charge on any atom is 0.305 e. The van der Waals surface area contributed by atoms with Crippen LogP contribution >= 0.6 is 0 Å². The van der Waals surface area contributed by atoms with Gasteiger partial charge in [0.25, 0.3) is 0 Å². The Labute approximate surface area is 73.7 Å². The van der Waals surface area contributed by atoms with Crippen LogP contribution in [0, 0.1) is 0 Å². The summed E-state index contributed by atoms with van der Waals surface area (Å²) < 4.78 is 4.73. The Hall–Kier alpha value is -0.570. The lowest BCUT2D eigenvalue weighted by molar-refractivity contribution is -0.144. The monoisotopic (exact) mass is 174 g/mol. The Morgan fingerprint density at radius 1 is 1.50 bits per heavy atom. The minimum atomic E-state index is -0.729. The Morgan fingerprint density at radius 3 is 2.50 bits per heavy atom. The quantitative estimate of drug-likeness (QED) is 0.642. The third-order valence-electron chi connectivity index (χ3n) is 1.93. The molecule has 0 aromatic rings.